The number of anilines is 1. The van der Waals surface area contributed by atoms with Gasteiger partial charge in [0, 0.05) is 12.2 Å². The largest absolute Gasteiger partial charge is 0.385 e. The molecule has 0 bridgehead atoms. The van der Waals surface area contributed by atoms with Crippen LogP contribution in [0.4, 0.5) is 11.4 Å². The Balaban J connectivity index is 2.60. The van der Waals surface area contributed by atoms with Gasteiger partial charge in [-0.15, -0.1) is 0 Å². The van der Waals surface area contributed by atoms with Gasteiger partial charge in [-0.2, -0.15) is 0 Å². The van der Waals surface area contributed by atoms with Gasteiger partial charge in [-0.3, -0.25) is 0 Å². The van der Waals surface area contributed by atoms with Crippen molar-refractivity contribution in [2.24, 2.45) is 0 Å². The lowest BCUT2D eigenvalue weighted by molar-refractivity contribution is 1.09. The second kappa shape index (κ2) is 2.53. The van der Waals surface area contributed by atoms with Crippen molar-refractivity contribution < 1.29 is 0 Å². The van der Waals surface area contributed by atoms with Crippen LogP contribution in [0.1, 0.15) is 11.1 Å². The maximum absolute atomic E-state index is 6.90. The number of nitrogens with one attached hydrogen (secondary N) is 1. The van der Waals surface area contributed by atoms with Gasteiger partial charge in [-0.05, 0) is 25.0 Å². The van der Waals surface area contributed by atoms with Gasteiger partial charge in [-0.1, -0.05) is 11.6 Å². The van der Waals surface area contributed by atoms with Gasteiger partial charge in [0.25, 0.3) is 0 Å². The lowest BCUT2D eigenvalue weighted by Crippen LogP contribution is -1.90. The Labute approximate surface area is 72.0 Å². The van der Waals surface area contributed by atoms with Crippen LogP contribution in [0.25, 0.3) is 4.85 Å². The van der Waals surface area contributed by atoms with E-state index in [2.05, 4.69) is 17.1 Å². The lowest BCUT2D eigenvalue weighted by atomic mass is 10.1. The molecule has 0 aliphatic carbocycles. The number of rotatable bonds is 0. The topological polar surface area (TPSA) is 16.4 Å². The number of hydrogen-bond acceptors (Lipinski definition) is 1. The van der Waals surface area contributed by atoms with E-state index in [1.165, 1.54) is 11.1 Å². The molecule has 0 saturated carbocycles. The van der Waals surface area contributed by atoms with E-state index in [1.54, 1.807) is 0 Å². The fraction of sp³-hybridized carbons (Fsp3) is 0.300. The summed E-state index contributed by atoms with van der Waals surface area (Å²) in [6.45, 7) is 9.98. The average molecular weight is 158 g/mol. The van der Waals surface area contributed by atoms with Crippen LogP contribution in [0.3, 0.4) is 0 Å². The maximum atomic E-state index is 6.90. The van der Waals surface area contributed by atoms with Gasteiger partial charge in [0.2, 0.25) is 0 Å². The van der Waals surface area contributed by atoms with E-state index in [-0.39, 0.29) is 0 Å². The van der Waals surface area contributed by atoms with Crippen LogP contribution in [-0.2, 0) is 6.42 Å². The minimum atomic E-state index is 0.737. The van der Waals surface area contributed by atoms with Crippen molar-refractivity contribution in [1.29, 1.82) is 0 Å². The standard InChI is InChI=1S/C10H10N2/c1-7-5-8(11-2)6-10-9(7)3-4-12-10/h5-6,12H,3-4H2,1H3. The van der Waals surface area contributed by atoms with Crippen molar-refractivity contribution in [3.63, 3.8) is 0 Å². The van der Waals surface area contributed by atoms with E-state index >= 15 is 0 Å². The first-order valence-corrected chi connectivity index (χ1v) is 4.06. The SMILES string of the molecule is [C-]#[N+]c1cc(C)c2c(c1)NCC2. The zero-order valence-electron chi connectivity index (χ0n) is 7.02. The summed E-state index contributed by atoms with van der Waals surface area (Å²) in [7, 11) is 0. The minimum Gasteiger partial charge on any atom is -0.385 e. The normalized spacial score (nSPS) is 13.3. The van der Waals surface area contributed by atoms with Gasteiger partial charge in [0.15, 0.2) is 5.69 Å². The van der Waals surface area contributed by atoms with Crippen LogP contribution in [0, 0.1) is 13.5 Å². The fourth-order valence-corrected chi connectivity index (χ4v) is 1.67. The summed E-state index contributed by atoms with van der Waals surface area (Å²) in [4.78, 5) is 3.42. The first kappa shape index (κ1) is 7.17. The maximum Gasteiger partial charge on any atom is 0.189 e. The highest BCUT2D eigenvalue weighted by atomic mass is 14.9. The molecule has 2 rings (SSSR count). The van der Waals surface area contributed by atoms with Crippen molar-refractivity contribution in [3.05, 3.63) is 34.7 Å². The van der Waals surface area contributed by atoms with E-state index in [4.69, 9.17) is 6.57 Å². The van der Waals surface area contributed by atoms with Crippen LogP contribution in [0.5, 0.6) is 0 Å². The molecule has 1 heterocycles. The highest BCUT2D eigenvalue weighted by Gasteiger charge is 2.12. The quantitative estimate of drug-likeness (QED) is 0.574. The Hall–Kier alpha value is -1.49. The van der Waals surface area contributed by atoms with E-state index in [9.17, 15) is 0 Å². The van der Waals surface area contributed by atoms with Crippen LogP contribution in [-0.4, -0.2) is 6.54 Å². The average Bonchev–Trinajstić information content (AvgIpc) is 2.52. The minimum absolute atomic E-state index is 0.737. The number of hydrogen-bond donors (Lipinski definition) is 1. The highest BCUT2D eigenvalue weighted by Crippen LogP contribution is 2.30. The second-order valence-corrected chi connectivity index (χ2v) is 3.08. The third-order valence-electron chi connectivity index (χ3n) is 2.28. The fourth-order valence-electron chi connectivity index (χ4n) is 1.67. The van der Waals surface area contributed by atoms with Gasteiger partial charge >= 0.3 is 0 Å². The summed E-state index contributed by atoms with van der Waals surface area (Å²) in [5.41, 5.74) is 4.51. The molecule has 1 aliphatic heterocycles. The van der Waals surface area contributed by atoms with E-state index in [0.29, 0.717) is 0 Å². The molecule has 0 fully saturated rings. The van der Waals surface area contributed by atoms with Crippen LogP contribution < -0.4 is 5.32 Å². The molecule has 0 amide bonds. The molecule has 1 aromatic carbocycles. The lowest BCUT2D eigenvalue weighted by Gasteiger charge is -2.03. The zero-order chi connectivity index (χ0) is 8.55. The first-order valence-electron chi connectivity index (χ1n) is 4.06. The molecule has 0 saturated heterocycles. The monoisotopic (exact) mass is 158 g/mol. The van der Waals surface area contributed by atoms with Gasteiger partial charge < -0.3 is 5.32 Å². The molecule has 1 N–H and O–H groups in total. The molecule has 1 aliphatic rings. The van der Waals surface area contributed by atoms with Crippen LogP contribution in [0.2, 0.25) is 0 Å². The molecular formula is C10H10N2. The highest BCUT2D eigenvalue weighted by molar-refractivity contribution is 5.67. The van der Waals surface area contributed by atoms with Crippen LogP contribution in [0.15, 0.2) is 12.1 Å². The number of fused-ring (bicyclic) bond motifs is 1. The Morgan fingerprint density at radius 1 is 1.50 bits per heavy atom. The van der Waals surface area contributed by atoms with Crippen molar-refractivity contribution >= 4 is 11.4 Å². The Bertz CT molecular complexity index is 361. The smallest absolute Gasteiger partial charge is 0.189 e. The molecule has 2 heteroatoms. The molecule has 0 atom stereocenters. The third-order valence-corrected chi connectivity index (χ3v) is 2.28. The molecule has 0 unspecified atom stereocenters. The van der Waals surface area contributed by atoms with Gasteiger partial charge in [0.05, 0.1) is 6.57 Å². The molecule has 12 heavy (non-hydrogen) atoms. The summed E-state index contributed by atoms with van der Waals surface area (Å²) in [6, 6.07) is 3.89. The summed E-state index contributed by atoms with van der Waals surface area (Å²) < 4.78 is 0. The predicted octanol–water partition coefficient (Wildman–Crippen LogP) is 2.51. The molecular weight excluding hydrogens is 148 g/mol. The molecule has 0 radical (unpaired) electrons. The number of benzene rings is 1. The summed E-state index contributed by atoms with van der Waals surface area (Å²) >= 11 is 0. The van der Waals surface area contributed by atoms with E-state index < -0.39 is 0 Å². The number of aryl methyl sites for hydroxylation is 1. The zero-order valence-corrected chi connectivity index (χ0v) is 7.02. The van der Waals surface area contributed by atoms with E-state index in [0.717, 1.165) is 24.3 Å². The van der Waals surface area contributed by atoms with Crippen molar-refractivity contribution in [1.82, 2.24) is 0 Å². The van der Waals surface area contributed by atoms with Crippen LogP contribution >= 0.6 is 0 Å². The molecule has 1 aromatic rings. The van der Waals surface area contributed by atoms with Gasteiger partial charge in [-0.25, -0.2) is 4.85 Å². The Kier molecular flexibility index (Phi) is 1.51. The Morgan fingerprint density at radius 2 is 2.33 bits per heavy atom. The Morgan fingerprint density at radius 3 is 3.08 bits per heavy atom. The summed E-state index contributed by atoms with van der Waals surface area (Å²) in [6.07, 6.45) is 1.10. The van der Waals surface area contributed by atoms with Crippen molar-refractivity contribution in [2.45, 2.75) is 13.3 Å². The van der Waals surface area contributed by atoms with Crippen molar-refractivity contribution in [2.75, 3.05) is 11.9 Å². The predicted molar refractivity (Wildman–Crippen MR) is 49.6 cm³/mol. The first-order chi connectivity index (χ1) is 5.81. The van der Waals surface area contributed by atoms with Gasteiger partial charge in [0.1, 0.15) is 0 Å². The van der Waals surface area contributed by atoms with Crippen molar-refractivity contribution in [3.8, 4) is 0 Å². The summed E-state index contributed by atoms with van der Waals surface area (Å²) in [5, 5.41) is 3.27. The molecule has 0 spiro atoms. The third kappa shape index (κ3) is 0.947. The number of nitrogens with zero attached hydrogens (tertiary/aromatic N) is 1. The van der Waals surface area contributed by atoms with E-state index in [1.807, 2.05) is 12.1 Å². The molecule has 60 valence electrons. The summed E-state index contributed by atoms with van der Waals surface area (Å²) in [5.74, 6) is 0. The molecule has 0 aromatic heterocycles. The molecule has 2 nitrogen and oxygen atoms in total. The second-order valence-electron chi connectivity index (χ2n) is 3.08.